The van der Waals surface area contributed by atoms with E-state index in [-0.39, 0.29) is 5.75 Å². The molecule has 0 heterocycles. The van der Waals surface area contributed by atoms with Crippen LogP contribution in [0.3, 0.4) is 0 Å². The molecule has 1 aromatic rings. The molecule has 0 bridgehead atoms. The van der Waals surface area contributed by atoms with Crippen LogP contribution >= 0.6 is 11.9 Å². The average Bonchev–Trinajstić information content (AvgIpc) is 2.56. The van der Waals surface area contributed by atoms with Gasteiger partial charge in [-0.2, -0.15) is 0 Å². The molecule has 1 atom stereocenters. The van der Waals surface area contributed by atoms with E-state index in [1.807, 2.05) is 35.6 Å². The molecule has 0 aliphatic carbocycles. The molecule has 0 saturated heterocycles. The fraction of sp³-hybridized carbons (Fsp3) is 0.500. The number of hydrogen-bond donors (Lipinski definition) is 3. The molecule has 1 rings (SSSR count). The molecule has 1 aromatic carbocycles. The molecule has 25 heavy (non-hydrogen) atoms. The van der Waals surface area contributed by atoms with Gasteiger partial charge in [0, 0.05) is 18.5 Å². The van der Waals surface area contributed by atoms with Crippen LogP contribution in [-0.2, 0) is 9.53 Å². The summed E-state index contributed by atoms with van der Waals surface area (Å²) >= 11 is 1.31. The molecule has 8 nitrogen and oxygen atoms in total. The van der Waals surface area contributed by atoms with Crippen LogP contribution in [0.1, 0.15) is 20.8 Å². The van der Waals surface area contributed by atoms with Crippen molar-refractivity contribution in [2.75, 3.05) is 24.2 Å². The molecule has 0 spiro atoms. The summed E-state index contributed by atoms with van der Waals surface area (Å²) in [6.07, 6.45) is -0.728. The van der Waals surface area contributed by atoms with Gasteiger partial charge in [-0.05, 0) is 57.0 Å². The molecule has 0 fully saturated rings. The van der Waals surface area contributed by atoms with Crippen LogP contribution in [0, 0.1) is 0 Å². The van der Waals surface area contributed by atoms with Crippen molar-refractivity contribution in [3.05, 3.63) is 24.3 Å². The zero-order chi connectivity index (χ0) is 19.0. The second-order valence-corrected chi connectivity index (χ2v) is 7.31. The van der Waals surface area contributed by atoms with E-state index in [2.05, 4.69) is 5.32 Å². The fourth-order valence-corrected chi connectivity index (χ4v) is 2.64. The van der Waals surface area contributed by atoms with Gasteiger partial charge in [-0.25, -0.2) is 10.3 Å². The summed E-state index contributed by atoms with van der Waals surface area (Å²) in [5.74, 6) is 0.224. The van der Waals surface area contributed by atoms with E-state index in [0.29, 0.717) is 0 Å². The Hall–Kier alpha value is -2.13. The normalized spacial score (nSPS) is 12.1. The Morgan fingerprint density at radius 2 is 1.88 bits per heavy atom. The predicted molar refractivity (Wildman–Crippen MR) is 96.9 cm³/mol. The lowest BCUT2D eigenvalue weighted by Gasteiger charge is -2.24. The molecule has 0 radical (unpaired) electrons. The van der Waals surface area contributed by atoms with Gasteiger partial charge in [0.1, 0.15) is 17.4 Å². The number of nitrogens with one attached hydrogen (secondary N) is 2. The molecule has 9 heteroatoms. The highest BCUT2D eigenvalue weighted by molar-refractivity contribution is 8.00. The smallest absolute Gasteiger partial charge is 0.408 e. The summed E-state index contributed by atoms with van der Waals surface area (Å²) in [5.41, 5.74) is 1.77. The minimum atomic E-state index is -0.953. The van der Waals surface area contributed by atoms with Crippen molar-refractivity contribution in [2.45, 2.75) is 32.4 Å². The maximum atomic E-state index is 11.8. The number of alkyl carbamates (subject to hydrolysis) is 1. The van der Waals surface area contributed by atoms with Crippen LogP contribution in [0.5, 0.6) is 5.75 Å². The summed E-state index contributed by atoms with van der Waals surface area (Å²) < 4.78 is 12.1. The van der Waals surface area contributed by atoms with Gasteiger partial charge in [-0.15, -0.1) is 0 Å². The maximum Gasteiger partial charge on any atom is 0.408 e. The van der Waals surface area contributed by atoms with Gasteiger partial charge in [0.2, 0.25) is 0 Å². The van der Waals surface area contributed by atoms with Crippen molar-refractivity contribution >= 4 is 29.6 Å². The van der Waals surface area contributed by atoms with Crippen LogP contribution in [0.15, 0.2) is 24.3 Å². The minimum Gasteiger partial charge on any atom is -0.497 e. The first kappa shape index (κ1) is 20.9. The highest BCUT2D eigenvalue weighted by Gasteiger charge is 2.25. The van der Waals surface area contributed by atoms with E-state index < -0.39 is 23.6 Å². The van der Waals surface area contributed by atoms with Crippen LogP contribution < -0.4 is 19.8 Å². The first-order valence-corrected chi connectivity index (χ1v) is 8.54. The number of methoxy groups -OCH3 is 1. The Labute approximate surface area is 151 Å². The van der Waals surface area contributed by atoms with E-state index in [4.69, 9.17) is 14.7 Å². The maximum absolute atomic E-state index is 11.8. The lowest BCUT2D eigenvalue weighted by atomic mass is 10.2. The Morgan fingerprint density at radius 1 is 1.28 bits per heavy atom. The van der Waals surface area contributed by atoms with Crippen LogP contribution in [0.2, 0.25) is 0 Å². The summed E-state index contributed by atoms with van der Waals surface area (Å²) in [7, 11) is 3.42. The average molecular weight is 371 g/mol. The number of hydrogen-bond acceptors (Lipinski definition) is 7. The fourth-order valence-electron chi connectivity index (χ4n) is 1.76. The first-order valence-electron chi connectivity index (χ1n) is 7.60. The molecule has 0 saturated carbocycles. The third kappa shape index (κ3) is 7.53. The van der Waals surface area contributed by atoms with Crippen LogP contribution in [-0.4, -0.2) is 48.8 Å². The third-order valence-electron chi connectivity index (χ3n) is 2.99. The van der Waals surface area contributed by atoms with Crippen molar-refractivity contribution in [1.82, 2.24) is 10.8 Å². The number of carbonyl (C=O) groups excluding carboxylic acids is 2. The zero-order valence-electron chi connectivity index (χ0n) is 15.0. The van der Waals surface area contributed by atoms with Gasteiger partial charge in [0.25, 0.3) is 5.91 Å². The third-order valence-corrected chi connectivity index (χ3v) is 4.07. The monoisotopic (exact) mass is 371 g/mol. The molecular weight excluding hydrogens is 346 g/mol. The second-order valence-electron chi connectivity index (χ2n) is 6.17. The largest absolute Gasteiger partial charge is 0.497 e. The highest BCUT2D eigenvalue weighted by Crippen LogP contribution is 2.23. The van der Waals surface area contributed by atoms with Crippen molar-refractivity contribution in [1.29, 1.82) is 0 Å². The predicted octanol–water partition coefficient (Wildman–Crippen LogP) is 2.18. The Kier molecular flexibility index (Phi) is 7.85. The summed E-state index contributed by atoms with van der Waals surface area (Å²) in [4.78, 5) is 23.6. The number of hydroxylamine groups is 1. The summed E-state index contributed by atoms with van der Waals surface area (Å²) in [6, 6.07) is 6.43. The number of benzene rings is 1. The van der Waals surface area contributed by atoms with Crippen LogP contribution in [0.25, 0.3) is 0 Å². The van der Waals surface area contributed by atoms with E-state index in [0.717, 1.165) is 11.4 Å². The lowest BCUT2D eigenvalue weighted by Crippen LogP contribution is -2.49. The van der Waals surface area contributed by atoms with Gasteiger partial charge in [-0.3, -0.25) is 10.0 Å². The molecule has 140 valence electrons. The van der Waals surface area contributed by atoms with Gasteiger partial charge in [0.15, 0.2) is 0 Å². The molecule has 3 N–H and O–H groups in total. The van der Waals surface area contributed by atoms with Gasteiger partial charge in [0.05, 0.1) is 7.11 Å². The molecule has 0 aliphatic heterocycles. The van der Waals surface area contributed by atoms with Gasteiger partial charge in [-0.1, -0.05) is 0 Å². The van der Waals surface area contributed by atoms with E-state index >= 15 is 0 Å². The molecular formula is C16H25N3O5S. The molecule has 2 amide bonds. The van der Waals surface area contributed by atoms with E-state index in [9.17, 15) is 9.59 Å². The summed E-state index contributed by atoms with van der Waals surface area (Å²) in [6.45, 7) is 5.17. The number of amides is 2. The van der Waals surface area contributed by atoms with E-state index in [1.165, 1.54) is 11.9 Å². The SMILES string of the molecule is COc1ccc(N(C)SCC(NC(=O)OC(C)(C)C)C(=O)NO)cc1. The van der Waals surface area contributed by atoms with Crippen LogP contribution in [0.4, 0.5) is 10.5 Å². The quantitative estimate of drug-likeness (QED) is 0.384. The van der Waals surface area contributed by atoms with Crippen molar-refractivity contribution in [3.63, 3.8) is 0 Å². The Balaban J connectivity index is 2.65. The van der Waals surface area contributed by atoms with Crippen molar-refractivity contribution < 1.29 is 24.3 Å². The lowest BCUT2D eigenvalue weighted by molar-refractivity contribution is -0.130. The first-order chi connectivity index (χ1) is 11.7. The zero-order valence-corrected chi connectivity index (χ0v) is 15.8. The molecule has 1 unspecified atom stereocenters. The second kappa shape index (κ2) is 9.38. The number of anilines is 1. The Morgan fingerprint density at radius 3 is 2.36 bits per heavy atom. The van der Waals surface area contributed by atoms with Crippen molar-refractivity contribution in [2.24, 2.45) is 0 Å². The van der Waals surface area contributed by atoms with Crippen molar-refractivity contribution in [3.8, 4) is 5.75 Å². The van der Waals surface area contributed by atoms with E-state index in [1.54, 1.807) is 33.4 Å². The minimum absolute atomic E-state index is 0.203. The topological polar surface area (TPSA) is 100 Å². The number of nitrogens with zero attached hydrogens (tertiary/aromatic N) is 1. The number of rotatable bonds is 7. The molecule has 0 aliphatic rings. The number of carbonyl (C=O) groups is 2. The summed E-state index contributed by atoms with van der Waals surface area (Å²) in [5, 5.41) is 11.3. The highest BCUT2D eigenvalue weighted by atomic mass is 32.2. The van der Waals surface area contributed by atoms with Gasteiger partial charge < -0.3 is 19.1 Å². The van der Waals surface area contributed by atoms with Gasteiger partial charge >= 0.3 is 6.09 Å². The number of ether oxygens (including phenoxy) is 2. The Bertz CT molecular complexity index is 574. The standard InChI is InChI=1S/C16H25N3O5S/c1-16(2,3)24-15(21)17-13(14(20)18-22)10-25-19(4)11-6-8-12(23-5)9-7-11/h6-9,13,22H,10H2,1-5H3,(H,17,21)(H,18,20). The molecule has 0 aromatic heterocycles.